The summed E-state index contributed by atoms with van der Waals surface area (Å²) in [5.41, 5.74) is 5.72. The summed E-state index contributed by atoms with van der Waals surface area (Å²) in [6.07, 6.45) is 3.00. The van der Waals surface area contributed by atoms with Gasteiger partial charge in [-0.25, -0.2) is 4.98 Å². The van der Waals surface area contributed by atoms with Gasteiger partial charge < -0.3 is 9.30 Å². The Labute approximate surface area is 154 Å². The molecule has 0 aliphatic carbocycles. The zero-order valence-electron chi connectivity index (χ0n) is 15.7. The summed E-state index contributed by atoms with van der Waals surface area (Å²) in [6, 6.07) is 12.6. The lowest BCUT2D eigenvalue weighted by Crippen LogP contribution is -2.11. The number of nitrogens with zero attached hydrogens (tertiary/aromatic N) is 3. The van der Waals surface area contributed by atoms with Crippen molar-refractivity contribution in [2.45, 2.75) is 45.1 Å². The molecular formula is C21H26N4O. The van der Waals surface area contributed by atoms with Crippen molar-refractivity contribution in [2.75, 3.05) is 13.2 Å². The average Bonchev–Trinajstić information content (AvgIpc) is 3.35. The molecule has 5 nitrogen and oxygen atoms in total. The Morgan fingerprint density at radius 3 is 2.69 bits per heavy atom. The molecule has 0 saturated carbocycles. The molecule has 5 heteroatoms. The highest BCUT2D eigenvalue weighted by atomic mass is 16.5. The number of aromatic nitrogens is 4. The van der Waals surface area contributed by atoms with Crippen LogP contribution in [0.25, 0.3) is 11.3 Å². The van der Waals surface area contributed by atoms with Crippen LogP contribution < -0.4 is 0 Å². The van der Waals surface area contributed by atoms with Gasteiger partial charge in [0.15, 0.2) is 0 Å². The molecule has 1 saturated heterocycles. The van der Waals surface area contributed by atoms with Crippen LogP contribution in [0.3, 0.4) is 0 Å². The number of nitrogens with one attached hydrogen (secondary N) is 1. The summed E-state index contributed by atoms with van der Waals surface area (Å²) >= 11 is 0. The van der Waals surface area contributed by atoms with Gasteiger partial charge in [-0.05, 0) is 12.5 Å². The first-order valence-corrected chi connectivity index (χ1v) is 9.25. The van der Waals surface area contributed by atoms with Crippen LogP contribution in [0.2, 0.25) is 0 Å². The number of benzene rings is 1. The minimum atomic E-state index is 0.0427. The summed E-state index contributed by atoms with van der Waals surface area (Å²) in [5.74, 6) is 0.387. The monoisotopic (exact) mass is 350 g/mol. The lowest BCUT2D eigenvalue weighted by Gasteiger charge is -2.15. The Hall–Kier alpha value is -2.40. The fraction of sp³-hybridized carbons (Fsp3) is 0.429. The summed E-state index contributed by atoms with van der Waals surface area (Å²) in [7, 11) is 0. The molecule has 0 radical (unpaired) electrons. The quantitative estimate of drug-likeness (QED) is 0.770. The standard InChI is InChI=1S/C21H26N4O/c1-21(2,3)18-11-17(23-24-18)12-25-14-22-19(15-7-5-4-6-8-15)20(25)16-9-10-26-13-16/h4-8,11,14,16H,9-10,12-13H2,1-3H3,(H,23,24)/t16-/m1/s1. The largest absolute Gasteiger partial charge is 0.381 e. The number of aromatic amines is 1. The van der Waals surface area contributed by atoms with Crippen LogP contribution in [0.1, 0.15) is 50.2 Å². The molecule has 1 aromatic carbocycles. The van der Waals surface area contributed by atoms with Crippen LogP contribution in [0, 0.1) is 0 Å². The Kier molecular flexibility index (Phi) is 4.41. The fourth-order valence-corrected chi connectivity index (χ4v) is 3.52. The topological polar surface area (TPSA) is 55.7 Å². The molecule has 136 valence electrons. The Morgan fingerprint density at radius 1 is 1.23 bits per heavy atom. The molecule has 1 N–H and O–H groups in total. The van der Waals surface area contributed by atoms with Gasteiger partial charge in [0.1, 0.15) is 0 Å². The molecular weight excluding hydrogens is 324 g/mol. The molecule has 26 heavy (non-hydrogen) atoms. The lowest BCUT2D eigenvalue weighted by atomic mass is 9.92. The third-order valence-corrected chi connectivity index (χ3v) is 4.98. The molecule has 1 fully saturated rings. The number of rotatable bonds is 4. The molecule has 4 rings (SSSR count). The van der Waals surface area contributed by atoms with E-state index in [0.717, 1.165) is 48.8 Å². The van der Waals surface area contributed by atoms with Crippen molar-refractivity contribution in [1.29, 1.82) is 0 Å². The van der Waals surface area contributed by atoms with Crippen LogP contribution in [-0.4, -0.2) is 33.0 Å². The van der Waals surface area contributed by atoms with E-state index >= 15 is 0 Å². The van der Waals surface area contributed by atoms with Crippen molar-refractivity contribution in [3.63, 3.8) is 0 Å². The van der Waals surface area contributed by atoms with Crippen LogP contribution in [0.4, 0.5) is 0 Å². The smallest absolute Gasteiger partial charge is 0.0959 e. The molecule has 1 atom stereocenters. The number of hydrogen-bond acceptors (Lipinski definition) is 3. The van der Waals surface area contributed by atoms with Crippen molar-refractivity contribution in [2.24, 2.45) is 0 Å². The van der Waals surface area contributed by atoms with Gasteiger partial charge in [-0.15, -0.1) is 0 Å². The normalized spacial score (nSPS) is 17.7. The van der Waals surface area contributed by atoms with Crippen LogP contribution in [-0.2, 0) is 16.7 Å². The Morgan fingerprint density at radius 2 is 2.04 bits per heavy atom. The summed E-state index contributed by atoms with van der Waals surface area (Å²) in [4.78, 5) is 4.76. The van der Waals surface area contributed by atoms with E-state index in [-0.39, 0.29) is 5.41 Å². The first kappa shape index (κ1) is 17.0. The van der Waals surface area contributed by atoms with Gasteiger partial charge >= 0.3 is 0 Å². The van der Waals surface area contributed by atoms with Gasteiger partial charge in [-0.3, -0.25) is 5.10 Å². The van der Waals surface area contributed by atoms with Gasteiger partial charge in [-0.1, -0.05) is 51.1 Å². The van der Waals surface area contributed by atoms with Crippen molar-refractivity contribution in [3.8, 4) is 11.3 Å². The third kappa shape index (κ3) is 3.31. The second-order valence-corrected chi connectivity index (χ2v) is 8.06. The van der Waals surface area contributed by atoms with Gasteiger partial charge in [0, 0.05) is 23.5 Å². The summed E-state index contributed by atoms with van der Waals surface area (Å²) in [5, 5.41) is 7.69. The molecule has 3 heterocycles. The first-order valence-electron chi connectivity index (χ1n) is 9.25. The lowest BCUT2D eigenvalue weighted by molar-refractivity contribution is 0.193. The fourth-order valence-electron chi connectivity index (χ4n) is 3.52. The van der Waals surface area contributed by atoms with Crippen molar-refractivity contribution < 1.29 is 4.74 Å². The SMILES string of the molecule is CC(C)(C)c1cc(Cn2cnc(-c3ccccc3)c2[C@@H]2CCOC2)[nH]n1. The molecule has 2 aromatic heterocycles. The molecule has 1 aliphatic heterocycles. The maximum Gasteiger partial charge on any atom is 0.0959 e. The molecule has 0 amide bonds. The zero-order chi connectivity index (χ0) is 18.1. The average molecular weight is 350 g/mol. The molecule has 1 aliphatic rings. The highest BCUT2D eigenvalue weighted by Gasteiger charge is 2.26. The van der Waals surface area contributed by atoms with Crippen molar-refractivity contribution >= 4 is 0 Å². The van der Waals surface area contributed by atoms with Gasteiger partial charge in [0.2, 0.25) is 0 Å². The number of hydrogen-bond donors (Lipinski definition) is 1. The molecule has 0 spiro atoms. The van der Waals surface area contributed by atoms with Crippen molar-refractivity contribution in [3.05, 3.63) is 59.8 Å². The maximum absolute atomic E-state index is 5.66. The molecule has 3 aromatic rings. The second kappa shape index (κ2) is 6.72. The highest BCUT2D eigenvalue weighted by molar-refractivity contribution is 5.62. The van der Waals surface area contributed by atoms with Gasteiger partial charge in [0.25, 0.3) is 0 Å². The van der Waals surface area contributed by atoms with E-state index in [1.54, 1.807) is 0 Å². The van der Waals surface area contributed by atoms with E-state index < -0.39 is 0 Å². The zero-order valence-corrected chi connectivity index (χ0v) is 15.7. The minimum absolute atomic E-state index is 0.0427. The highest BCUT2D eigenvalue weighted by Crippen LogP contribution is 2.33. The Balaban J connectivity index is 1.70. The van der Waals surface area contributed by atoms with E-state index in [1.807, 2.05) is 12.4 Å². The number of ether oxygens (including phenoxy) is 1. The third-order valence-electron chi connectivity index (χ3n) is 4.98. The second-order valence-electron chi connectivity index (χ2n) is 8.06. The van der Waals surface area contributed by atoms with Gasteiger partial charge in [-0.2, -0.15) is 5.10 Å². The summed E-state index contributed by atoms with van der Waals surface area (Å²) < 4.78 is 7.92. The van der Waals surface area contributed by atoms with E-state index in [1.165, 1.54) is 5.69 Å². The predicted molar refractivity (Wildman–Crippen MR) is 102 cm³/mol. The number of H-pyrrole nitrogens is 1. The molecule has 0 bridgehead atoms. The Bertz CT molecular complexity index is 867. The van der Waals surface area contributed by atoms with E-state index in [2.05, 4.69) is 65.9 Å². The van der Waals surface area contributed by atoms with E-state index in [9.17, 15) is 0 Å². The first-order chi connectivity index (χ1) is 12.5. The van der Waals surface area contributed by atoms with Crippen LogP contribution in [0.15, 0.2) is 42.7 Å². The maximum atomic E-state index is 5.66. The number of imidazole rings is 1. The van der Waals surface area contributed by atoms with Crippen LogP contribution in [0.5, 0.6) is 0 Å². The molecule has 0 unspecified atom stereocenters. The minimum Gasteiger partial charge on any atom is -0.381 e. The van der Waals surface area contributed by atoms with Gasteiger partial charge in [0.05, 0.1) is 42.3 Å². The predicted octanol–water partition coefficient (Wildman–Crippen LogP) is 4.12. The van der Waals surface area contributed by atoms with Crippen molar-refractivity contribution in [1.82, 2.24) is 19.7 Å². The van der Waals surface area contributed by atoms with E-state index in [4.69, 9.17) is 9.72 Å². The van der Waals surface area contributed by atoms with Crippen LogP contribution >= 0.6 is 0 Å². The summed E-state index contributed by atoms with van der Waals surface area (Å²) in [6.45, 7) is 8.87. The van der Waals surface area contributed by atoms with E-state index in [0.29, 0.717) is 5.92 Å².